The second-order valence-electron chi connectivity index (χ2n) is 4.40. The second-order valence-corrected chi connectivity index (χ2v) is 6.25. The highest BCUT2D eigenvalue weighted by Gasteiger charge is 2.16. The van der Waals surface area contributed by atoms with E-state index < -0.39 is 0 Å². The zero-order valence-electron chi connectivity index (χ0n) is 11.8. The molecule has 0 aromatic heterocycles. The summed E-state index contributed by atoms with van der Waals surface area (Å²) in [5, 5.41) is 3.34. The largest absolute Gasteiger partial charge is 0.495 e. The number of thioether (sulfide) groups is 1. The Morgan fingerprint density at radius 2 is 1.86 bits per heavy atom. The second kappa shape index (κ2) is 7.38. The normalized spacial score (nSPS) is 11.8. The minimum Gasteiger partial charge on any atom is -0.495 e. The molecule has 0 radical (unpaired) electrons. The number of hydrogen-bond acceptors (Lipinski definition) is 3. The topological polar surface area (TPSA) is 38.3 Å². The summed E-state index contributed by atoms with van der Waals surface area (Å²) >= 11 is 7.33. The van der Waals surface area contributed by atoms with E-state index in [9.17, 15) is 4.79 Å². The van der Waals surface area contributed by atoms with E-state index in [0.717, 1.165) is 4.90 Å². The zero-order valence-corrected chi connectivity index (χ0v) is 13.4. The number of hydrogen-bond donors (Lipinski definition) is 1. The van der Waals surface area contributed by atoms with Crippen molar-refractivity contribution in [3.8, 4) is 5.75 Å². The summed E-state index contributed by atoms with van der Waals surface area (Å²) in [6.07, 6.45) is 0. The van der Waals surface area contributed by atoms with Crippen molar-refractivity contribution in [3.05, 3.63) is 53.6 Å². The molecule has 110 valence electrons. The molecule has 1 amide bonds. The van der Waals surface area contributed by atoms with Crippen LogP contribution in [-0.2, 0) is 4.79 Å². The highest BCUT2D eigenvalue weighted by atomic mass is 35.5. The maximum Gasteiger partial charge on any atom is 0.237 e. The quantitative estimate of drug-likeness (QED) is 0.826. The Bertz CT molecular complexity index is 616. The first-order chi connectivity index (χ1) is 10.1. The Kier molecular flexibility index (Phi) is 5.53. The van der Waals surface area contributed by atoms with Crippen molar-refractivity contribution in [2.75, 3.05) is 12.4 Å². The van der Waals surface area contributed by atoms with E-state index in [4.69, 9.17) is 16.3 Å². The average molecular weight is 322 g/mol. The number of methoxy groups -OCH3 is 1. The smallest absolute Gasteiger partial charge is 0.237 e. The molecule has 0 spiro atoms. The van der Waals surface area contributed by atoms with Crippen molar-refractivity contribution in [2.45, 2.75) is 17.1 Å². The Labute approximate surface area is 133 Å². The molecule has 0 unspecified atom stereocenters. The Hall–Kier alpha value is -1.65. The highest BCUT2D eigenvalue weighted by Crippen LogP contribution is 2.27. The van der Waals surface area contributed by atoms with Crippen molar-refractivity contribution in [1.82, 2.24) is 0 Å². The van der Waals surface area contributed by atoms with Gasteiger partial charge in [0.05, 0.1) is 18.0 Å². The number of carbonyl (C=O) groups excluding carboxylic acids is 1. The van der Waals surface area contributed by atoms with Gasteiger partial charge in [0.15, 0.2) is 0 Å². The summed E-state index contributed by atoms with van der Waals surface area (Å²) in [5.74, 6) is 0.578. The van der Waals surface area contributed by atoms with E-state index in [2.05, 4.69) is 5.32 Å². The molecule has 0 fully saturated rings. The number of rotatable bonds is 5. The van der Waals surface area contributed by atoms with Crippen LogP contribution in [0.3, 0.4) is 0 Å². The Morgan fingerprint density at radius 1 is 1.19 bits per heavy atom. The van der Waals surface area contributed by atoms with E-state index in [-0.39, 0.29) is 11.2 Å². The number of amides is 1. The third-order valence-corrected chi connectivity index (χ3v) is 4.22. The lowest BCUT2D eigenvalue weighted by atomic mass is 10.3. The van der Waals surface area contributed by atoms with Crippen LogP contribution in [0.4, 0.5) is 5.69 Å². The number of para-hydroxylation sites is 2. The fraction of sp³-hybridized carbons (Fsp3) is 0.188. The number of carbonyl (C=O) groups is 1. The SMILES string of the molecule is COc1ccccc1NC(=O)[C@@H](C)Sc1ccc(Cl)cc1. The molecule has 0 aliphatic carbocycles. The van der Waals surface area contributed by atoms with Crippen LogP contribution in [0.2, 0.25) is 5.02 Å². The lowest BCUT2D eigenvalue weighted by molar-refractivity contribution is -0.115. The molecule has 0 aliphatic rings. The molecular weight excluding hydrogens is 306 g/mol. The summed E-state index contributed by atoms with van der Waals surface area (Å²) in [4.78, 5) is 13.2. The summed E-state index contributed by atoms with van der Waals surface area (Å²) < 4.78 is 5.22. The summed E-state index contributed by atoms with van der Waals surface area (Å²) in [6, 6.07) is 14.8. The van der Waals surface area contributed by atoms with Crippen LogP contribution in [0.1, 0.15) is 6.92 Å². The van der Waals surface area contributed by atoms with Gasteiger partial charge in [0.25, 0.3) is 0 Å². The molecule has 1 atom stereocenters. The van der Waals surface area contributed by atoms with Crippen molar-refractivity contribution in [3.63, 3.8) is 0 Å². The minimum atomic E-state index is -0.226. The molecule has 2 aromatic rings. The molecule has 2 rings (SSSR count). The van der Waals surface area contributed by atoms with E-state index in [1.54, 1.807) is 7.11 Å². The lowest BCUT2D eigenvalue weighted by Gasteiger charge is -2.14. The van der Waals surface area contributed by atoms with Crippen LogP contribution in [0.15, 0.2) is 53.4 Å². The van der Waals surface area contributed by atoms with Gasteiger partial charge in [0.2, 0.25) is 5.91 Å². The van der Waals surface area contributed by atoms with E-state index in [1.165, 1.54) is 11.8 Å². The number of halogens is 1. The predicted octanol–water partition coefficient (Wildman–Crippen LogP) is 4.47. The third-order valence-electron chi connectivity index (χ3n) is 2.86. The first kappa shape index (κ1) is 15.7. The van der Waals surface area contributed by atoms with Gasteiger partial charge in [-0.1, -0.05) is 23.7 Å². The van der Waals surface area contributed by atoms with Gasteiger partial charge >= 0.3 is 0 Å². The molecule has 5 heteroatoms. The summed E-state index contributed by atoms with van der Waals surface area (Å²) in [6.45, 7) is 1.87. The standard InChI is InChI=1S/C16H16ClNO2S/c1-11(21-13-9-7-12(17)8-10-13)16(19)18-14-5-3-4-6-15(14)20-2/h3-11H,1-2H3,(H,18,19)/t11-/m1/s1. The molecule has 0 bridgehead atoms. The molecule has 0 heterocycles. The predicted molar refractivity (Wildman–Crippen MR) is 88.4 cm³/mol. The van der Waals surface area contributed by atoms with Crippen LogP contribution < -0.4 is 10.1 Å². The van der Waals surface area contributed by atoms with Gasteiger partial charge in [-0.05, 0) is 43.3 Å². The number of anilines is 1. The maximum atomic E-state index is 12.2. The van der Waals surface area contributed by atoms with E-state index >= 15 is 0 Å². The molecule has 0 aliphatic heterocycles. The number of ether oxygens (including phenoxy) is 1. The van der Waals surface area contributed by atoms with Gasteiger partial charge in [0.1, 0.15) is 5.75 Å². The number of benzene rings is 2. The zero-order chi connectivity index (χ0) is 15.2. The van der Waals surface area contributed by atoms with Gasteiger partial charge in [0, 0.05) is 9.92 Å². The maximum absolute atomic E-state index is 12.2. The fourth-order valence-electron chi connectivity index (χ4n) is 1.75. The highest BCUT2D eigenvalue weighted by molar-refractivity contribution is 8.00. The van der Waals surface area contributed by atoms with Crippen molar-refractivity contribution in [1.29, 1.82) is 0 Å². The first-order valence-corrected chi connectivity index (χ1v) is 7.72. The monoisotopic (exact) mass is 321 g/mol. The molecular formula is C16H16ClNO2S. The Morgan fingerprint density at radius 3 is 2.52 bits per heavy atom. The summed E-state index contributed by atoms with van der Waals surface area (Å²) in [5.41, 5.74) is 0.675. The van der Waals surface area contributed by atoms with Gasteiger partial charge in [-0.2, -0.15) is 0 Å². The molecule has 0 saturated heterocycles. The van der Waals surface area contributed by atoms with Crippen LogP contribution in [0.5, 0.6) is 5.75 Å². The Balaban J connectivity index is 2.01. The fourth-order valence-corrected chi connectivity index (χ4v) is 2.75. The molecule has 0 saturated carbocycles. The van der Waals surface area contributed by atoms with Crippen molar-refractivity contribution in [2.24, 2.45) is 0 Å². The summed E-state index contributed by atoms with van der Waals surface area (Å²) in [7, 11) is 1.58. The molecule has 2 aromatic carbocycles. The number of nitrogens with one attached hydrogen (secondary N) is 1. The van der Waals surface area contributed by atoms with Gasteiger partial charge in [-0.3, -0.25) is 4.79 Å². The van der Waals surface area contributed by atoms with Crippen LogP contribution in [-0.4, -0.2) is 18.3 Å². The van der Waals surface area contributed by atoms with E-state index in [0.29, 0.717) is 16.5 Å². The van der Waals surface area contributed by atoms with Crippen LogP contribution >= 0.6 is 23.4 Å². The minimum absolute atomic E-state index is 0.0700. The lowest BCUT2D eigenvalue weighted by Crippen LogP contribution is -2.22. The van der Waals surface area contributed by atoms with Crippen molar-refractivity contribution >= 4 is 35.0 Å². The third kappa shape index (κ3) is 4.41. The van der Waals surface area contributed by atoms with Crippen molar-refractivity contribution < 1.29 is 9.53 Å². The molecule has 3 nitrogen and oxygen atoms in total. The van der Waals surface area contributed by atoms with Crippen LogP contribution in [0.25, 0.3) is 0 Å². The van der Waals surface area contributed by atoms with Crippen LogP contribution in [0, 0.1) is 0 Å². The van der Waals surface area contributed by atoms with Gasteiger partial charge in [-0.25, -0.2) is 0 Å². The average Bonchev–Trinajstić information content (AvgIpc) is 2.50. The molecule has 1 N–H and O–H groups in total. The van der Waals surface area contributed by atoms with Gasteiger partial charge < -0.3 is 10.1 Å². The van der Waals surface area contributed by atoms with E-state index in [1.807, 2.05) is 55.5 Å². The van der Waals surface area contributed by atoms with Gasteiger partial charge in [-0.15, -0.1) is 11.8 Å². The molecule has 21 heavy (non-hydrogen) atoms. The first-order valence-electron chi connectivity index (χ1n) is 6.46.